The molecule has 5 nitrogen and oxygen atoms in total. The van der Waals surface area contributed by atoms with Gasteiger partial charge in [-0.3, -0.25) is 4.79 Å². The number of anilines is 1. The lowest BCUT2D eigenvalue weighted by Gasteiger charge is -2.01. The van der Waals surface area contributed by atoms with Crippen LogP contribution in [0.15, 0.2) is 12.3 Å². The maximum Gasteiger partial charge on any atom is 0.220 e. The average Bonchev–Trinajstić information content (AvgIpc) is 2.15. The third-order valence-corrected chi connectivity index (χ3v) is 1.54. The van der Waals surface area contributed by atoms with E-state index in [0.29, 0.717) is 6.29 Å². The van der Waals surface area contributed by atoms with Gasteiger partial charge in [0.05, 0.1) is 5.92 Å². The minimum Gasteiger partial charge on any atom is -0.368 e. The van der Waals surface area contributed by atoms with E-state index in [9.17, 15) is 9.59 Å². The minimum atomic E-state index is -0.686. The van der Waals surface area contributed by atoms with Gasteiger partial charge in [-0.2, -0.15) is 0 Å². The lowest BCUT2D eigenvalue weighted by Crippen LogP contribution is -2.14. The second kappa shape index (κ2) is 3.75. The molecular formula is C8H9N3O2. The average molecular weight is 179 g/mol. The summed E-state index contributed by atoms with van der Waals surface area (Å²) in [6, 6.07) is 1.43. The Morgan fingerprint density at radius 2 is 2.38 bits per heavy atom. The molecule has 1 atom stereocenters. The van der Waals surface area contributed by atoms with Gasteiger partial charge in [-0.05, 0) is 13.0 Å². The third-order valence-electron chi connectivity index (χ3n) is 1.54. The van der Waals surface area contributed by atoms with Gasteiger partial charge in [0.2, 0.25) is 5.95 Å². The standard InChI is InChI=1S/C8H9N3O2/c1-5(4-12)7(13)6-2-3-10-8(9)11-6/h2-5H,1H3,(H2,9,10,11). The molecule has 0 spiro atoms. The first-order valence-corrected chi connectivity index (χ1v) is 3.73. The zero-order chi connectivity index (χ0) is 9.84. The van der Waals surface area contributed by atoms with E-state index in [-0.39, 0.29) is 17.4 Å². The number of Topliss-reactive ketones (excluding diaryl/α,β-unsaturated/α-hetero) is 1. The topological polar surface area (TPSA) is 85.9 Å². The quantitative estimate of drug-likeness (QED) is 0.403. The van der Waals surface area contributed by atoms with Crippen LogP contribution in [-0.4, -0.2) is 22.0 Å². The summed E-state index contributed by atoms with van der Waals surface area (Å²) in [6.07, 6.45) is 1.95. The van der Waals surface area contributed by atoms with Crippen molar-refractivity contribution in [3.8, 4) is 0 Å². The molecule has 1 aromatic heterocycles. The molecule has 0 saturated carbocycles. The molecule has 0 bridgehead atoms. The van der Waals surface area contributed by atoms with E-state index in [2.05, 4.69) is 9.97 Å². The first-order valence-electron chi connectivity index (χ1n) is 3.73. The van der Waals surface area contributed by atoms with E-state index in [0.717, 1.165) is 0 Å². The van der Waals surface area contributed by atoms with Gasteiger partial charge in [-0.1, -0.05) is 0 Å². The second-order valence-electron chi connectivity index (χ2n) is 2.59. The minimum absolute atomic E-state index is 0.0314. The highest BCUT2D eigenvalue weighted by atomic mass is 16.1. The molecule has 0 fully saturated rings. The molecule has 5 heteroatoms. The molecule has 1 rings (SSSR count). The van der Waals surface area contributed by atoms with Crippen LogP contribution in [0.4, 0.5) is 5.95 Å². The Kier molecular flexibility index (Phi) is 2.69. The summed E-state index contributed by atoms with van der Waals surface area (Å²) >= 11 is 0. The molecule has 0 saturated heterocycles. The lowest BCUT2D eigenvalue weighted by molar-refractivity contribution is -0.109. The van der Waals surface area contributed by atoms with Gasteiger partial charge in [-0.25, -0.2) is 9.97 Å². The number of ketones is 1. The van der Waals surface area contributed by atoms with Crippen molar-refractivity contribution in [2.45, 2.75) is 6.92 Å². The Labute approximate surface area is 75.0 Å². The van der Waals surface area contributed by atoms with Crippen molar-refractivity contribution in [3.63, 3.8) is 0 Å². The van der Waals surface area contributed by atoms with Crippen molar-refractivity contribution in [2.24, 2.45) is 5.92 Å². The number of rotatable bonds is 3. The molecule has 1 unspecified atom stereocenters. The van der Waals surface area contributed by atoms with Gasteiger partial charge < -0.3 is 10.5 Å². The summed E-state index contributed by atoms with van der Waals surface area (Å²) in [6.45, 7) is 1.51. The normalized spacial score (nSPS) is 12.1. The van der Waals surface area contributed by atoms with E-state index in [1.54, 1.807) is 0 Å². The van der Waals surface area contributed by atoms with Crippen LogP contribution in [0.1, 0.15) is 17.4 Å². The fourth-order valence-corrected chi connectivity index (χ4v) is 0.806. The number of carbonyl (C=O) groups is 2. The maximum absolute atomic E-state index is 11.4. The number of aromatic nitrogens is 2. The molecule has 1 aromatic rings. The Balaban J connectivity index is 2.95. The number of nitrogen functional groups attached to an aromatic ring is 1. The Hall–Kier alpha value is -1.78. The van der Waals surface area contributed by atoms with Gasteiger partial charge in [-0.15, -0.1) is 0 Å². The number of carbonyl (C=O) groups excluding carboxylic acids is 2. The molecular weight excluding hydrogens is 170 g/mol. The van der Waals surface area contributed by atoms with E-state index >= 15 is 0 Å². The molecule has 0 radical (unpaired) electrons. The Morgan fingerprint density at radius 1 is 1.69 bits per heavy atom. The number of hydrogen-bond donors (Lipinski definition) is 1. The summed E-state index contributed by atoms with van der Waals surface area (Å²) in [5.41, 5.74) is 5.45. The van der Waals surface area contributed by atoms with Crippen molar-refractivity contribution < 1.29 is 9.59 Å². The Morgan fingerprint density at radius 3 is 2.92 bits per heavy atom. The zero-order valence-electron chi connectivity index (χ0n) is 7.10. The lowest BCUT2D eigenvalue weighted by atomic mass is 10.1. The van der Waals surface area contributed by atoms with Crippen LogP contribution >= 0.6 is 0 Å². The van der Waals surface area contributed by atoms with E-state index in [4.69, 9.17) is 5.73 Å². The molecule has 0 aliphatic carbocycles. The maximum atomic E-state index is 11.4. The number of nitrogens with two attached hydrogens (primary N) is 1. The van der Waals surface area contributed by atoms with Gasteiger partial charge in [0, 0.05) is 6.20 Å². The highest BCUT2D eigenvalue weighted by molar-refractivity contribution is 6.03. The fourth-order valence-electron chi connectivity index (χ4n) is 0.806. The number of aldehydes is 1. The Bertz CT molecular complexity index is 338. The van der Waals surface area contributed by atoms with Crippen LogP contribution in [0.5, 0.6) is 0 Å². The summed E-state index contributed by atoms with van der Waals surface area (Å²) in [7, 11) is 0. The van der Waals surface area contributed by atoms with Crippen molar-refractivity contribution >= 4 is 18.0 Å². The van der Waals surface area contributed by atoms with Crippen molar-refractivity contribution in [1.29, 1.82) is 0 Å². The van der Waals surface area contributed by atoms with Crippen molar-refractivity contribution in [3.05, 3.63) is 18.0 Å². The fraction of sp³-hybridized carbons (Fsp3) is 0.250. The first kappa shape index (κ1) is 9.31. The SMILES string of the molecule is CC(C=O)C(=O)c1ccnc(N)n1. The zero-order valence-corrected chi connectivity index (χ0v) is 7.10. The summed E-state index contributed by atoms with van der Waals surface area (Å²) < 4.78 is 0. The molecule has 68 valence electrons. The largest absolute Gasteiger partial charge is 0.368 e. The molecule has 0 amide bonds. The predicted molar refractivity (Wildman–Crippen MR) is 46.0 cm³/mol. The molecule has 0 aromatic carbocycles. The van der Waals surface area contributed by atoms with Gasteiger partial charge in [0.15, 0.2) is 5.78 Å². The van der Waals surface area contributed by atoms with Crippen LogP contribution in [0.25, 0.3) is 0 Å². The second-order valence-corrected chi connectivity index (χ2v) is 2.59. The van der Waals surface area contributed by atoms with Crippen LogP contribution in [0.3, 0.4) is 0 Å². The van der Waals surface area contributed by atoms with Crippen molar-refractivity contribution in [2.75, 3.05) is 5.73 Å². The molecule has 0 aliphatic rings. The van der Waals surface area contributed by atoms with Gasteiger partial charge in [0.25, 0.3) is 0 Å². The summed E-state index contributed by atoms with van der Waals surface area (Å²) in [4.78, 5) is 29.0. The van der Waals surface area contributed by atoms with E-state index in [1.165, 1.54) is 19.2 Å². The summed E-state index contributed by atoms with van der Waals surface area (Å²) in [5, 5.41) is 0. The molecule has 13 heavy (non-hydrogen) atoms. The van der Waals surface area contributed by atoms with E-state index in [1.807, 2.05) is 0 Å². The van der Waals surface area contributed by atoms with E-state index < -0.39 is 5.92 Å². The number of nitrogens with zero attached hydrogens (tertiary/aromatic N) is 2. The smallest absolute Gasteiger partial charge is 0.220 e. The van der Waals surface area contributed by atoms with Crippen molar-refractivity contribution in [1.82, 2.24) is 9.97 Å². The molecule has 2 N–H and O–H groups in total. The third kappa shape index (κ3) is 2.08. The van der Waals surface area contributed by atoms with Crippen LogP contribution in [0.2, 0.25) is 0 Å². The highest BCUT2D eigenvalue weighted by Crippen LogP contribution is 2.04. The summed E-state index contributed by atoms with van der Waals surface area (Å²) in [5.74, 6) is -0.998. The van der Waals surface area contributed by atoms with Crippen LogP contribution in [-0.2, 0) is 4.79 Å². The highest BCUT2D eigenvalue weighted by Gasteiger charge is 2.15. The van der Waals surface area contributed by atoms with Gasteiger partial charge >= 0.3 is 0 Å². The van der Waals surface area contributed by atoms with Crippen LogP contribution < -0.4 is 5.73 Å². The molecule has 0 aliphatic heterocycles. The molecule has 1 heterocycles. The van der Waals surface area contributed by atoms with Crippen LogP contribution in [0, 0.1) is 5.92 Å². The van der Waals surface area contributed by atoms with Gasteiger partial charge in [0.1, 0.15) is 12.0 Å². The number of hydrogen-bond acceptors (Lipinski definition) is 5. The first-order chi connectivity index (χ1) is 6.15. The predicted octanol–water partition coefficient (Wildman–Crippen LogP) is 0.0765. The monoisotopic (exact) mass is 179 g/mol.